The van der Waals surface area contributed by atoms with Crippen LogP contribution in [0.3, 0.4) is 0 Å². The van der Waals surface area contributed by atoms with E-state index in [9.17, 15) is 13.2 Å². The maximum atomic E-state index is 12.9. The molecular weight excluding hydrogens is 392 g/mol. The molecule has 0 aromatic heterocycles. The summed E-state index contributed by atoms with van der Waals surface area (Å²) in [5.41, 5.74) is 1.23. The number of hydrogen-bond acceptors (Lipinski definition) is 5. The molecule has 7 nitrogen and oxygen atoms in total. The molecule has 1 aliphatic rings. The van der Waals surface area contributed by atoms with E-state index < -0.39 is 10.0 Å². The number of carbonyl (C=O) groups excluding carboxylic acids is 1. The van der Waals surface area contributed by atoms with Gasteiger partial charge in [-0.2, -0.15) is 4.31 Å². The first-order valence-corrected chi connectivity index (χ1v) is 11.0. The van der Waals surface area contributed by atoms with Gasteiger partial charge in [0.05, 0.1) is 4.90 Å². The van der Waals surface area contributed by atoms with E-state index >= 15 is 0 Å². The molecule has 2 aromatic carbocycles. The SMILES string of the molecule is CCN(CC)S(=O)(=O)c1cccc(C(=O)N(C)Cc2ccc3c(c2)OCCO3)c1. The van der Waals surface area contributed by atoms with Gasteiger partial charge in [0.1, 0.15) is 13.2 Å². The topological polar surface area (TPSA) is 76.2 Å². The van der Waals surface area contributed by atoms with Crippen molar-refractivity contribution in [1.82, 2.24) is 9.21 Å². The second-order valence-electron chi connectivity index (χ2n) is 6.76. The second kappa shape index (κ2) is 8.84. The van der Waals surface area contributed by atoms with E-state index in [4.69, 9.17) is 9.47 Å². The largest absolute Gasteiger partial charge is 0.486 e. The lowest BCUT2D eigenvalue weighted by Gasteiger charge is -2.22. The lowest BCUT2D eigenvalue weighted by molar-refractivity contribution is 0.0784. The lowest BCUT2D eigenvalue weighted by atomic mass is 10.1. The van der Waals surface area contributed by atoms with Gasteiger partial charge in [-0.3, -0.25) is 4.79 Å². The average Bonchev–Trinajstić information content (AvgIpc) is 2.74. The fourth-order valence-corrected chi connectivity index (χ4v) is 4.76. The van der Waals surface area contributed by atoms with E-state index in [1.54, 1.807) is 37.9 Å². The Balaban J connectivity index is 1.78. The summed E-state index contributed by atoms with van der Waals surface area (Å²) in [4.78, 5) is 14.6. The highest BCUT2D eigenvalue weighted by molar-refractivity contribution is 7.89. The fourth-order valence-electron chi connectivity index (χ4n) is 3.25. The lowest BCUT2D eigenvalue weighted by Crippen LogP contribution is -2.31. The van der Waals surface area contributed by atoms with Crippen LogP contribution in [0, 0.1) is 0 Å². The molecule has 1 amide bonds. The summed E-state index contributed by atoms with van der Waals surface area (Å²) in [5, 5.41) is 0. The zero-order valence-corrected chi connectivity index (χ0v) is 17.7. The van der Waals surface area contributed by atoms with E-state index in [0.717, 1.165) is 5.56 Å². The molecule has 0 fully saturated rings. The van der Waals surface area contributed by atoms with Gasteiger partial charge in [0, 0.05) is 32.2 Å². The van der Waals surface area contributed by atoms with Crippen LogP contribution in [0.25, 0.3) is 0 Å². The Morgan fingerprint density at radius 3 is 2.38 bits per heavy atom. The molecule has 1 heterocycles. The van der Waals surface area contributed by atoms with Crippen LogP contribution in [0.15, 0.2) is 47.4 Å². The summed E-state index contributed by atoms with van der Waals surface area (Å²) in [7, 11) is -1.93. The molecule has 0 N–H and O–H groups in total. The minimum atomic E-state index is -3.62. The maximum Gasteiger partial charge on any atom is 0.253 e. The number of nitrogens with zero attached hydrogens (tertiary/aromatic N) is 2. The van der Waals surface area contributed by atoms with Crippen LogP contribution in [0.5, 0.6) is 11.5 Å². The molecule has 29 heavy (non-hydrogen) atoms. The Bertz CT molecular complexity index is 986. The van der Waals surface area contributed by atoms with Crippen LogP contribution in [0.1, 0.15) is 29.8 Å². The Labute approximate surface area is 171 Å². The number of hydrogen-bond donors (Lipinski definition) is 0. The van der Waals surface area contributed by atoms with Gasteiger partial charge in [-0.1, -0.05) is 26.0 Å². The third-order valence-corrected chi connectivity index (χ3v) is 6.84. The molecule has 0 unspecified atom stereocenters. The number of amides is 1. The Kier molecular flexibility index (Phi) is 6.44. The highest BCUT2D eigenvalue weighted by Crippen LogP contribution is 2.31. The van der Waals surface area contributed by atoms with Gasteiger partial charge in [-0.05, 0) is 35.9 Å². The number of ether oxygens (including phenoxy) is 2. The number of rotatable bonds is 7. The van der Waals surface area contributed by atoms with Gasteiger partial charge in [-0.25, -0.2) is 8.42 Å². The van der Waals surface area contributed by atoms with Crippen molar-refractivity contribution < 1.29 is 22.7 Å². The molecule has 0 bridgehead atoms. The van der Waals surface area contributed by atoms with Crippen molar-refractivity contribution in [2.75, 3.05) is 33.4 Å². The molecule has 2 aromatic rings. The average molecular weight is 419 g/mol. The Morgan fingerprint density at radius 1 is 1.00 bits per heavy atom. The maximum absolute atomic E-state index is 12.9. The third kappa shape index (κ3) is 4.54. The van der Waals surface area contributed by atoms with Crippen molar-refractivity contribution in [1.29, 1.82) is 0 Å². The van der Waals surface area contributed by atoms with Crippen LogP contribution < -0.4 is 9.47 Å². The summed E-state index contributed by atoms with van der Waals surface area (Å²) >= 11 is 0. The molecule has 8 heteroatoms. The smallest absolute Gasteiger partial charge is 0.253 e. The van der Waals surface area contributed by atoms with Gasteiger partial charge < -0.3 is 14.4 Å². The molecule has 0 saturated carbocycles. The van der Waals surface area contributed by atoms with Crippen LogP contribution in [0.4, 0.5) is 0 Å². The number of fused-ring (bicyclic) bond motifs is 1. The van der Waals surface area contributed by atoms with Crippen LogP contribution in [-0.2, 0) is 16.6 Å². The molecule has 3 rings (SSSR count). The molecule has 0 aliphatic carbocycles. The molecule has 0 atom stereocenters. The summed E-state index contributed by atoms with van der Waals surface area (Å²) in [6.45, 7) is 5.72. The van der Waals surface area contributed by atoms with Crippen molar-refractivity contribution in [3.8, 4) is 11.5 Å². The zero-order chi connectivity index (χ0) is 21.0. The molecule has 1 aliphatic heterocycles. The second-order valence-corrected chi connectivity index (χ2v) is 8.69. The Hall–Kier alpha value is -2.58. The first-order valence-electron chi connectivity index (χ1n) is 9.61. The van der Waals surface area contributed by atoms with Gasteiger partial charge in [0.2, 0.25) is 10.0 Å². The molecule has 156 valence electrons. The van der Waals surface area contributed by atoms with E-state index in [2.05, 4.69) is 0 Å². The molecule has 0 saturated heterocycles. The van der Waals surface area contributed by atoms with Gasteiger partial charge in [0.25, 0.3) is 5.91 Å². The summed E-state index contributed by atoms with van der Waals surface area (Å²) < 4.78 is 38.0. The van der Waals surface area contributed by atoms with Crippen molar-refractivity contribution in [3.63, 3.8) is 0 Å². The normalized spacial score (nSPS) is 13.4. The monoisotopic (exact) mass is 418 g/mol. The van der Waals surface area contributed by atoms with Gasteiger partial charge >= 0.3 is 0 Å². The number of sulfonamides is 1. The first kappa shape index (κ1) is 21.1. The molecule has 0 radical (unpaired) electrons. The van der Waals surface area contributed by atoms with Crippen molar-refractivity contribution >= 4 is 15.9 Å². The molecular formula is C21H26N2O5S. The van der Waals surface area contributed by atoms with E-state index in [-0.39, 0.29) is 10.8 Å². The van der Waals surface area contributed by atoms with Crippen molar-refractivity contribution in [2.45, 2.75) is 25.3 Å². The van der Waals surface area contributed by atoms with E-state index in [1.165, 1.54) is 16.4 Å². The number of carbonyl (C=O) groups is 1. The minimum Gasteiger partial charge on any atom is -0.486 e. The summed E-state index contributed by atoms with van der Waals surface area (Å²) in [6.07, 6.45) is 0. The zero-order valence-electron chi connectivity index (χ0n) is 16.9. The minimum absolute atomic E-state index is 0.125. The van der Waals surface area contributed by atoms with Crippen molar-refractivity contribution in [3.05, 3.63) is 53.6 Å². The van der Waals surface area contributed by atoms with Crippen LogP contribution in [0.2, 0.25) is 0 Å². The molecule has 0 spiro atoms. The van der Waals surface area contributed by atoms with E-state index in [0.29, 0.717) is 49.9 Å². The number of benzene rings is 2. The third-order valence-electron chi connectivity index (χ3n) is 4.80. The first-order chi connectivity index (χ1) is 13.9. The van der Waals surface area contributed by atoms with Crippen LogP contribution >= 0.6 is 0 Å². The van der Waals surface area contributed by atoms with Gasteiger partial charge in [-0.15, -0.1) is 0 Å². The Morgan fingerprint density at radius 2 is 1.69 bits per heavy atom. The van der Waals surface area contributed by atoms with Gasteiger partial charge in [0.15, 0.2) is 11.5 Å². The highest BCUT2D eigenvalue weighted by atomic mass is 32.2. The van der Waals surface area contributed by atoms with Crippen molar-refractivity contribution in [2.24, 2.45) is 0 Å². The summed E-state index contributed by atoms with van der Waals surface area (Å²) in [5.74, 6) is 1.11. The van der Waals surface area contributed by atoms with Crippen LogP contribution in [-0.4, -0.2) is 56.9 Å². The van der Waals surface area contributed by atoms with E-state index in [1.807, 2.05) is 18.2 Å². The predicted octanol–water partition coefficient (Wildman–Crippen LogP) is 2.76. The fraction of sp³-hybridized carbons (Fsp3) is 0.381. The predicted molar refractivity (Wildman–Crippen MR) is 110 cm³/mol. The quantitative estimate of drug-likeness (QED) is 0.691. The highest BCUT2D eigenvalue weighted by Gasteiger charge is 2.23. The standard InChI is InChI=1S/C21H26N2O5S/c1-4-23(5-2)29(25,26)18-8-6-7-17(14-18)21(24)22(3)15-16-9-10-19-20(13-16)28-12-11-27-19/h6-10,13-14H,4-5,11-12,15H2,1-3H3. The summed E-state index contributed by atoms with van der Waals surface area (Å²) in [6, 6.07) is 11.8.